The van der Waals surface area contributed by atoms with Gasteiger partial charge in [0.25, 0.3) is 0 Å². The Morgan fingerprint density at radius 2 is 1.00 bits per heavy atom. The van der Waals surface area contributed by atoms with E-state index in [1.807, 2.05) is 0 Å². The highest BCUT2D eigenvalue weighted by molar-refractivity contribution is 7.52. The van der Waals surface area contributed by atoms with Gasteiger partial charge in [-0.2, -0.15) is 0 Å². The zero-order valence-corrected chi connectivity index (χ0v) is 8.82. The van der Waals surface area contributed by atoms with Crippen LogP contribution >= 0.6 is 15.2 Å². The van der Waals surface area contributed by atoms with Crippen molar-refractivity contribution in [2.45, 2.75) is 19.3 Å². The van der Waals surface area contributed by atoms with Crippen LogP contribution in [0.15, 0.2) is 0 Å². The van der Waals surface area contributed by atoms with E-state index in [0.717, 1.165) is 0 Å². The van der Waals surface area contributed by atoms with Crippen LogP contribution in [0.25, 0.3) is 0 Å². The maximum absolute atomic E-state index is 10.3. The molecule has 4 N–H and O–H groups in total. The fourth-order valence-corrected chi connectivity index (χ4v) is 2.08. The van der Waals surface area contributed by atoms with Gasteiger partial charge < -0.3 is 19.6 Å². The van der Waals surface area contributed by atoms with Gasteiger partial charge in [0.1, 0.15) is 0 Å². The molecule has 0 aromatic rings. The third-order valence-corrected chi connectivity index (χ3v) is 3.20. The van der Waals surface area contributed by atoms with Gasteiger partial charge in [0.15, 0.2) is 0 Å². The van der Waals surface area contributed by atoms with Gasteiger partial charge in [-0.25, -0.2) is 0 Å². The van der Waals surface area contributed by atoms with Gasteiger partial charge in [0, 0.05) is 12.3 Å². The molecule has 0 unspecified atom stereocenters. The first-order chi connectivity index (χ1) is 5.71. The largest absolute Gasteiger partial charge is 0.325 e. The molecule has 0 spiro atoms. The Labute approximate surface area is 76.3 Å². The van der Waals surface area contributed by atoms with Crippen molar-refractivity contribution in [1.29, 1.82) is 0 Å². The van der Waals surface area contributed by atoms with Gasteiger partial charge in [0.05, 0.1) is 0 Å². The molecule has 80 valence electrons. The Kier molecular flexibility index (Phi) is 5.37. The van der Waals surface area contributed by atoms with Crippen molar-refractivity contribution in [1.82, 2.24) is 0 Å². The highest BCUT2D eigenvalue weighted by Gasteiger charge is 2.14. The molecular formula is C5H14O6P2. The Morgan fingerprint density at radius 3 is 1.23 bits per heavy atom. The molecule has 0 bridgehead atoms. The normalized spacial score (nSPS) is 13.2. The van der Waals surface area contributed by atoms with Crippen LogP contribution in [-0.4, -0.2) is 31.9 Å². The van der Waals surface area contributed by atoms with Crippen molar-refractivity contribution in [3.8, 4) is 0 Å². The maximum atomic E-state index is 10.3. The molecule has 0 aromatic carbocycles. The second-order valence-electron chi connectivity index (χ2n) is 2.84. The third kappa shape index (κ3) is 12.3. The lowest BCUT2D eigenvalue weighted by Crippen LogP contribution is -1.91. The zero-order valence-electron chi connectivity index (χ0n) is 7.04. The van der Waals surface area contributed by atoms with E-state index in [0.29, 0.717) is 19.3 Å². The highest BCUT2D eigenvalue weighted by atomic mass is 31.2. The second-order valence-corrected chi connectivity index (χ2v) is 6.39. The molecule has 0 saturated carbocycles. The average Bonchev–Trinajstić information content (AvgIpc) is 1.81. The minimum atomic E-state index is -3.94. The first-order valence-electron chi connectivity index (χ1n) is 3.80. The summed E-state index contributed by atoms with van der Waals surface area (Å²) in [4.78, 5) is 33.7. The van der Waals surface area contributed by atoms with Gasteiger partial charge in [0.2, 0.25) is 0 Å². The Bertz CT molecular complexity index is 203. The summed E-state index contributed by atoms with van der Waals surface area (Å²) in [6.07, 6.45) is 0.590. The van der Waals surface area contributed by atoms with E-state index in [9.17, 15) is 9.13 Å². The number of unbranched alkanes of at least 4 members (excludes halogenated alkanes) is 2. The smallest absolute Gasteiger partial charge is 0.324 e. The van der Waals surface area contributed by atoms with Gasteiger partial charge in [-0.05, 0) is 12.8 Å². The summed E-state index contributed by atoms with van der Waals surface area (Å²) in [5.74, 6) is 0. The number of rotatable bonds is 6. The van der Waals surface area contributed by atoms with E-state index in [1.165, 1.54) is 0 Å². The fourth-order valence-electron chi connectivity index (χ4n) is 0.812. The molecule has 0 fully saturated rings. The van der Waals surface area contributed by atoms with E-state index < -0.39 is 15.2 Å². The van der Waals surface area contributed by atoms with Crippen molar-refractivity contribution in [3.63, 3.8) is 0 Å². The third-order valence-electron chi connectivity index (χ3n) is 1.40. The van der Waals surface area contributed by atoms with Gasteiger partial charge in [-0.3, -0.25) is 9.13 Å². The fraction of sp³-hybridized carbons (Fsp3) is 1.00. The summed E-state index contributed by atoms with van der Waals surface area (Å²) in [6.45, 7) is 0. The molecular weight excluding hydrogens is 218 g/mol. The van der Waals surface area contributed by atoms with E-state index in [-0.39, 0.29) is 12.3 Å². The summed E-state index contributed by atoms with van der Waals surface area (Å²) < 4.78 is 20.7. The lowest BCUT2D eigenvalue weighted by atomic mass is 10.3. The Hall–Kier alpha value is 0.300. The van der Waals surface area contributed by atoms with E-state index in [2.05, 4.69) is 0 Å². The van der Waals surface area contributed by atoms with Crippen LogP contribution in [0.4, 0.5) is 0 Å². The van der Waals surface area contributed by atoms with Crippen LogP contribution < -0.4 is 0 Å². The number of hydrogen-bond acceptors (Lipinski definition) is 2. The SMILES string of the molecule is O=P(O)(O)CCCCCP(=O)(O)O. The molecule has 0 aliphatic heterocycles. The Morgan fingerprint density at radius 1 is 0.692 bits per heavy atom. The van der Waals surface area contributed by atoms with Crippen molar-refractivity contribution in [3.05, 3.63) is 0 Å². The van der Waals surface area contributed by atoms with E-state index in [1.54, 1.807) is 0 Å². The maximum Gasteiger partial charge on any atom is 0.325 e. The molecule has 6 nitrogen and oxygen atoms in total. The standard InChI is InChI=1S/C5H14O6P2/c6-12(7,8)4-2-1-3-5-13(9,10)11/h1-5H2,(H2,6,7,8)(H2,9,10,11). The lowest BCUT2D eigenvalue weighted by Gasteiger charge is -2.04. The quantitative estimate of drug-likeness (QED) is 0.391. The lowest BCUT2D eigenvalue weighted by molar-refractivity contribution is 0.369. The Balaban J connectivity index is 3.39. The predicted octanol–water partition coefficient (Wildman–Crippen LogP) is 0.512. The van der Waals surface area contributed by atoms with Crippen LogP contribution in [0, 0.1) is 0 Å². The van der Waals surface area contributed by atoms with Crippen molar-refractivity contribution < 1.29 is 28.7 Å². The topological polar surface area (TPSA) is 115 Å². The minimum absolute atomic E-state index is 0.214. The summed E-state index contributed by atoms with van der Waals surface area (Å²) in [5, 5.41) is 0. The summed E-state index contributed by atoms with van der Waals surface area (Å²) in [6, 6.07) is 0. The van der Waals surface area contributed by atoms with Gasteiger partial charge >= 0.3 is 15.2 Å². The van der Waals surface area contributed by atoms with Crippen LogP contribution in [0.3, 0.4) is 0 Å². The summed E-state index contributed by atoms with van der Waals surface area (Å²) in [7, 11) is -7.88. The van der Waals surface area contributed by atoms with Crippen molar-refractivity contribution in [2.75, 3.05) is 12.3 Å². The van der Waals surface area contributed by atoms with Gasteiger partial charge in [-0.1, -0.05) is 6.42 Å². The zero-order chi connectivity index (χ0) is 10.5. The molecule has 13 heavy (non-hydrogen) atoms. The number of hydrogen-bond donors (Lipinski definition) is 4. The highest BCUT2D eigenvalue weighted by Crippen LogP contribution is 2.37. The van der Waals surface area contributed by atoms with Crippen LogP contribution in [0.1, 0.15) is 19.3 Å². The molecule has 0 amide bonds. The van der Waals surface area contributed by atoms with Crippen LogP contribution in [-0.2, 0) is 9.13 Å². The van der Waals surface area contributed by atoms with Crippen LogP contribution in [0.5, 0.6) is 0 Å². The minimum Gasteiger partial charge on any atom is -0.324 e. The summed E-state index contributed by atoms with van der Waals surface area (Å²) >= 11 is 0. The molecule has 0 heterocycles. The monoisotopic (exact) mass is 232 g/mol. The molecule has 0 saturated heterocycles. The molecule has 8 heteroatoms. The van der Waals surface area contributed by atoms with Crippen molar-refractivity contribution in [2.24, 2.45) is 0 Å². The van der Waals surface area contributed by atoms with Gasteiger partial charge in [-0.15, -0.1) is 0 Å². The first-order valence-corrected chi connectivity index (χ1v) is 7.39. The summed E-state index contributed by atoms with van der Waals surface area (Å²) in [5.41, 5.74) is 0. The molecule has 0 radical (unpaired) electrons. The molecule has 0 aliphatic carbocycles. The molecule has 0 aliphatic rings. The predicted molar refractivity (Wildman–Crippen MR) is 47.7 cm³/mol. The average molecular weight is 232 g/mol. The molecule has 0 aromatic heterocycles. The molecule has 0 atom stereocenters. The van der Waals surface area contributed by atoms with E-state index in [4.69, 9.17) is 19.6 Å². The van der Waals surface area contributed by atoms with E-state index >= 15 is 0 Å². The first kappa shape index (κ1) is 13.3. The van der Waals surface area contributed by atoms with Crippen LogP contribution in [0.2, 0.25) is 0 Å². The van der Waals surface area contributed by atoms with Crippen molar-refractivity contribution >= 4 is 15.2 Å². The molecule has 0 rings (SSSR count). The second kappa shape index (κ2) is 5.25.